The molecule has 1 fully saturated rings. The SMILES string of the molecule is CCCCc1ccc(NS(=O)(=O)c2ccc(C)c(C(=O)N3CCN(c4ccccc4-c4ccccc4)CC3)c2)cc1. The molecule has 1 heterocycles. The molecule has 1 amide bonds. The molecule has 0 unspecified atom stereocenters. The summed E-state index contributed by atoms with van der Waals surface area (Å²) in [6.07, 6.45) is 3.18. The van der Waals surface area contributed by atoms with Gasteiger partial charge < -0.3 is 9.80 Å². The van der Waals surface area contributed by atoms with Crippen molar-refractivity contribution < 1.29 is 13.2 Å². The largest absolute Gasteiger partial charge is 0.367 e. The minimum Gasteiger partial charge on any atom is -0.367 e. The molecule has 0 radical (unpaired) electrons. The number of para-hydroxylation sites is 1. The second-order valence-electron chi connectivity index (χ2n) is 10.5. The Balaban J connectivity index is 1.28. The lowest BCUT2D eigenvalue weighted by molar-refractivity contribution is 0.0746. The normalized spacial score (nSPS) is 13.7. The van der Waals surface area contributed by atoms with Crippen molar-refractivity contribution in [1.29, 1.82) is 0 Å². The van der Waals surface area contributed by atoms with Crippen molar-refractivity contribution in [3.63, 3.8) is 0 Å². The molecule has 41 heavy (non-hydrogen) atoms. The molecule has 212 valence electrons. The van der Waals surface area contributed by atoms with Gasteiger partial charge in [-0.3, -0.25) is 9.52 Å². The fourth-order valence-electron chi connectivity index (χ4n) is 5.27. The van der Waals surface area contributed by atoms with E-state index in [0.29, 0.717) is 37.4 Å². The number of hydrogen-bond acceptors (Lipinski definition) is 4. The Bertz CT molecular complexity index is 1590. The highest BCUT2D eigenvalue weighted by molar-refractivity contribution is 7.92. The lowest BCUT2D eigenvalue weighted by atomic mass is 10.0. The molecular formula is C34H37N3O3S. The maximum atomic E-state index is 13.6. The average molecular weight is 568 g/mol. The van der Waals surface area contributed by atoms with E-state index < -0.39 is 10.0 Å². The summed E-state index contributed by atoms with van der Waals surface area (Å²) in [7, 11) is -3.85. The molecule has 6 nitrogen and oxygen atoms in total. The van der Waals surface area contributed by atoms with Gasteiger partial charge >= 0.3 is 0 Å². The van der Waals surface area contributed by atoms with Gasteiger partial charge in [0.2, 0.25) is 0 Å². The number of amides is 1. The number of piperazine rings is 1. The highest BCUT2D eigenvalue weighted by Gasteiger charge is 2.26. The van der Waals surface area contributed by atoms with Crippen LogP contribution in [0.2, 0.25) is 0 Å². The zero-order valence-electron chi connectivity index (χ0n) is 23.7. The number of carbonyl (C=O) groups is 1. The Kier molecular flexibility index (Phi) is 8.74. The number of carbonyl (C=O) groups excluding carboxylic acids is 1. The molecule has 1 aliphatic rings. The summed E-state index contributed by atoms with van der Waals surface area (Å²) in [5.41, 5.74) is 6.35. The third-order valence-corrected chi connectivity index (χ3v) is 9.05. The monoisotopic (exact) mass is 567 g/mol. The van der Waals surface area contributed by atoms with Crippen LogP contribution >= 0.6 is 0 Å². The van der Waals surface area contributed by atoms with Gasteiger partial charge in [-0.05, 0) is 66.8 Å². The van der Waals surface area contributed by atoms with Gasteiger partial charge in [0.1, 0.15) is 0 Å². The van der Waals surface area contributed by atoms with Crippen LogP contribution in [0, 0.1) is 6.92 Å². The van der Waals surface area contributed by atoms with E-state index in [-0.39, 0.29) is 10.8 Å². The number of unbranched alkanes of at least 4 members (excludes halogenated alkanes) is 1. The first-order valence-electron chi connectivity index (χ1n) is 14.3. The summed E-state index contributed by atoms with van der Waals surface area (Å²) in [6, 6.07) is 30.9. The minimum absolute atomic E-state index is 0.0805. The second-order valence-corrected chi connectivity index (χ2v) is 12.2. The van der Waals surface area contributed by atoms with E-state index in [1.54, 1.807) is 24.3 Å². The molecule has 0 saturated carbocycles. The van der Waals surface area contributed by atoms with Crippen molar-refractivity contribution in [2.45, 2.75) is 38.0 Å². The Hall–Kier alpha value is -4.10. The Morgan fingerprint density at radius 2 is 1.51 bits per heavy atom. The number of hydrogen-bond donors (Lipinski definition) is 1. The summed E-state index contributed by atoms with van der Waals surface area (Å²) in [6.45, 7) is 6.50. The molecule has 7 heteroatoms. The van der Waals surface area contributed by atoms with E-state index in [1.807, 2.05) is 54.3 Å². The highest BCUT2D eigenvalue weighted by Crippen LogP contribution is 2.31. The molecule has 4 aromatic carbocycles. The van der Waals surface area contributed by atoms with Crippen LogP contribution in [-0.2, 0) is 16.4 Å². The molecule has 0 aromatic heterocycles. The van der Waals surface area contributed by atoms with Crippen LogP contribution < -0.4 is 9.62 Å². The van der Waals surface area contributed by atoms with Crippen LogP contribution in [0.3, 0.4) is 0 Å². The topological polar surface area (TPSA) is 69.7 Å². The smallest absolute Gasteiger partial charge is 0.261 e. The lowest BCUT2D eigenvalue weighted by Crippen LogP contribution is -2.49. The van der Waals surface area contributed by atoms with E-state index in [0.717, 1.165) is 36.1 Å². The van der Waals surface area contributed by atoms with Gasteiger partial charge in [-0.25, -0.2) is 8.42 Å². The van der Waals surface area contributed by atoms with Crippen LogP contribution in [0.1, 0.15) is 41.3 Å². The summed E-state index contributed by atoms with van der Waals surface area (Å²) in [5.74, 6) is -0.143. The van der Waals surface area contributed by atoms with Crippen LogP contribution in [0.15, 0.2) is 102 Å². The van der Waals surface area contributed by atoms with Crippen molar-refractivity contribution in [2.24, 2.45) is 0 Å². The number of nitrogens with zero attached hydrogens (tertiary/aromatic N) is 2. The van der Waals surface area contributed by atoms with Crippen LogP contribution in [0.25, 0.3) is 11.1 Å². The molecule has 1 N–H and O–H groups in total. The number of nitrogens with one attached hydrogen (secondary N) is 1. The first kappa shape index (κ1) is 28.4. The van der Waals surface area contributed by atoms with Gasteiger partial charge in [-0.2, -0.15) is 0 Å². The number of aryl methyl sites for hydroxylation is 2. The number of rotatable bonds is 9. The van der Waals surface area contributed by atoms with Gasteiger partial charge in [-0.15, -0.1) is 0 Å². The minimum atomic E-state index is -3.85. The van der Waals surface area contributed by atoms with Gasteiger partial charge in [0.15, 0.2) is 0 Å². The quantitative estimate of drug-likeness (QED) is 0.242. The Labute approximate surface area is 243 Å². The molecule has 0 atom stereocenters. The third-order valence-electron chi connectivity index (χ3n) is 7.67. The van der Waals surface area contributed by atoms with E-state index in [1.165, 1.54) is 17.2 Å². The molecule has 1 aliphatic heterocycles. The van der Waals surface area contributed by atoms with Crippen LogP contribution in [0.4, 0.5) is 11.4 Å². The molecular weight excluding hydrogens is 530 g/mol. The molecule has 0 spiro atoms. The fourth-order valence-corrected chi connectivity index (χ4v) is 6.35. The van der Waals surface area contributed by atoms with Crippen molar-refractivity contribution in [2.75, 3.05) is 35.8 Å². The van der Waals surface area contributed by atoms with E-state index in [4.69, 9.17) is 0 Å². The van der Waals surface area contributed by atoms with Crippen molar-refractivity contribution in [3.05, 3.63) is 114 Å². The molecule has 0 bridgehead atoms. The Morgan fingerprint density at radius 3 is 2.22 bits per heavy atom. The standard InChI is InChI=1S/C34H37N3O3S/c1-3-4-10-27-16-18-29(19-17-27)35-41(39,40)30-20-15-26(2)32(25-30)34(38)37-23-21-36(22-24-37)33-14-9-8-13-31(33)28-11-6-5-7-12-28/h5-9,11-20,25,35H,3-4,10,21-24H2,1-2H3. The first-order valence-corrected chi connectivity index (χ1v) is 15.7. The average Bonchev–Trinajstić information content (AvgIpc) is 3.01. The van der Waals surface area contributed by atoms with E-state index in [9.17, 15) is 13.2 Å². The molecule has 1 saturated heterocycles. The highest BCUT2D eigenvalue weighted by atomic mass is 32.2. The maximum absolute atomic E-state index is 13.6. The van der Waals surface area contributed by atoms with E-state index in [2.05, 4.69) is 40.8 Å². The third kappa shape index (κ3) is 6.63. The summed E-state index contributed by atoms with van der Waals surface area (Å²) in [5, 5.41) is 0. The zero-order valence-corrected chi connectivity index (χ0v) is 24.5. The van der Waals surface area contributed by atoms with Gasteiger partial charge in [-0.1, -0.05) is 80.1 Å². The Morgan fingerprint density at radius 1 is 0.829 bits per heavy atom. The van der Waals surface area contributed by atoms with Gasteiger partial charge in [0.25, 0.3) is 15.9 Å². The predicted molar refractivity (Wildman–Crippen MR) is 167 cm³/mol. The summed E-state index contributed by atoms with van der Waals surface area (Å²) < 4.78 is 29.1. The van der Waals surface area contributed by atoms with Crippen LogP contribution in [0.5, 0.6) is 0 Å². The number of benzene rings is 4. The first-order chi connectivity index (χ1) is 19.9. The fraction of sp³-hybridized carbons (Fsp3) is 0.265. The molecule has 5 rings (SSSR count). The van der Waals surface area contributed by atoms with Crippen molar-refractivity contribution in [1.82, 2.24) is 4.90 Å². The summed E-state index contributed by atoms with van der Waals surface area (Å²) >= 11 is 0. The zero-order chi connectivity index (χ0) is 28.8. The predicted octanol–water partition coefficient (Wildman–Crippen LogP) is 6.77. The van der Waals surface area contributed by atoms with Crippen molar-refractivity contribution >= 4 is 27.3 Å². The second kappa shape index (κ2) is 12.6. The molecule has 0 aliphatic carbocycles. The summed E-state index contributed by atoms with van der Waals surface area (Å²) in [4.78, 5) is 17.8. The van der Waals surface area contributed by atoms with Gasteiger partial charge in [0, 0.05) is 48.7 Å². The van der Waals surface area contributed by atoms with Gasteiger partial charge in [0.05, 0.1) is 4.90 Å². The van der Waals surface area contributed by atoms with Crippen LogP contribution in [-0.4, -0.2) is 45.4 Å². The lowest BCUT2D eigenvalue weighted by Gasteiger charge is -2.37. The molecule has 4 aromatic rings. The van der Waals surface area contributed by atoms with Crippen molar-refractivity contribution in [3.8, 4) is 11.1 Å². The maximum Gasteiger partial charge on any atom is 0.261 e. The number of anilines is 2. The number of sulfonamides is 1. The van der Waals surface area contributed by atoms with E-state index >= 15 is 0 Å².